The van der Waals surface area contributed by atoms with Crippen LogP contribution in [-0.2, 0) is 11.2 Å². The number of urea groups is 1. The molecule has 2 heterocycles. The van der Waals surface area contributed by atoms with Crippen LogP contribution < -0.4 is 10.2 Å². The zero-order valence-electron chi connectivity index (χ0n) is 21.8. The maximum atomic E-state index is 14.2. The smallest absolute Gasteiger partial charge is 0.316 e. The Labute approximate surface area is 228 Å². The van der Waals surface area contributed by atoms with E-state index in [1.165, 1.54) is 5.56 Å². The van der Waals surface area contributed by atoms with E-state index in [9.17, 15) is 9.59 Å². The maximum Gasteiger partial charge on any atom is 0.322 e. The second-order valence-corrected chi connectivity index (χ2v) is 10.2. The van der Waals surface area contributed by atoms with Gasteiger partial charge >= 0.3 is 6.03 Å². The lowest BCUT2D eigenvalue weighted by Crippen LogP contribution is -2.49. The molecule has 0 saturated carbocycles. The third kappa shape index (κ3) is 4.92. The van der Waals surface area contributed by atoms with Gasteiger partial charge in [0.2, 0.25) is 5.91 Å². The Balaban J connectivity index is 1.49. The Morgan fingerprint density at radius 1 is 0.947 bits per heavy atom. The van der Waals surface area contributed by atoms with E-state index in [1.807, 2.05) is 105 Å². The van der Waals surface area contributed by atoms with E-state index in [0.29, 0.717) is 10.7 Å². The number of halogens is 1. The summed E-state index contributed by atoms with van der Waals surface area (Å²) >= 11 is 6.38. The third-order valence-electron chi connectivity index (χ3n) is 6.96. The van der Waals surface area contributed by atoms with Gasteiger partial charge in [-0.25, -0.2) is 4.79 Å². The fourth-order valence-corrected chi connectivity index (χ4v) is 5.18. The van der Waals surface area contributed by atoms with Gasteiger partial charge in [-0.05, 0) is 79.9 Å². The number of hydrogen-bond acceptors (Lipinski definition) is 2. The first-order valence-electron chi connectivity index (χ1n) is 12.9. The molecule has 0 spiro atoms. The van der Waals surface area contributed by atoms with Gasteiger partial charge in [-0.2, -0.15) is 0 Å². The quantitative estimate of drug-likeness (QED) is 0.292. The molecule has 1 aromatic heterocycles. The molecule has 1 atom stereocenters. The average Bonchev–Trinajstić information content (AvgIpc) is 3.41. The maximum absolute atomic E-state index is 14.2. The minimum Gasteiger partial charge on any atom is -0.316 e. The highest BCUT2D eigenvalue weighted by molar-refractivity contribution is 6.30. The topological polar surface area (TPSA) is 57.6 Å². The SMILES string of the molecule is CCc1ccc(NC(=O)N(CC(=O)N2c3ccccc3-n3cccc3[C@H]2c2cccc(Cl)c2)C(C)C)cc1. The molecular weight excluding hydrogens is 496 g/mol. The summed E-state index contributed by atoms with van der Waals surface area (Å²) in [6.07, 6.45) is 2.93. The summed E-state index contributed by atoms with van der Waals surface area (Å²) in [6, 6.07) is 26.3. The van der Waals surface area contributed by atoms with Gasteiger partial charge in [0.1, 0.15) is 12.6 Å². The lowest BCUT2D eigenvalue weighted by Gasteiger charge is -2.40. The van der Waals surface area contributed by atoms with Crippen LogP contribution in [0.3, 0.4) is 0 Å². The summed E-state index contributed by atoms with van der Waals surface area (Å²) in [6.45, 7) is 5.84. The number of aryl methyl sites for hydroxylation is 1. The van der Waals surface area contributed by atoms with Crippen LogP contribution in [0, 0.1) is 0 Å². The van der Waals surface area contributed by atoms with Crippen LogP contribution >= 0.6 is 11.6 Å². The number of amides is 3. The fraction of sp³-hybridized carbons (Fsp3) is 0.226. The average molecular weight is 527 g/mol. The highest BCUT2D eigenvalue weighted by Gasteiger charge is 2.37. The minimum atomic E-state index is -0.398. The second-order valence-electron chi connectivity index (χ2n) is 9.72. The van der Waals surface area contributed by atoms with Crippen molar-refractivity contribution in [2.24, 2.45) is 0 Å². The van der Waals surface area contributed by atoms with Crippen molar-refractivity contribution < 1.29 is 9.59 Å². The standard InChI is InChI=1S/C31H31ClN4O2/c1-4-22-14-16-25(17-15-22)33-31(38)35(21(2)3)20-29(37)36-27-12-6-5-11-26(27)34-18-8-13-28(34)30(36)23-9-7-10-24(32)19-23/h5-19,21,30H,4,20H2,1-3H3,(H,33,38)/t30-/m1/s1. The molecule has 38 heavy (non-hydrogen) atoms. The Kier molecular flexibility index (Phi) is 7.25. The van der Waals surface area contributed by atoms with Crippen molar-refractivity contribution in [3.63, 3.8) is 0 Å². The molecule has 6 nitrogen and oxygen atoms in total. The highest BCUT2D eigenvalue weighted by Crippen LogP contribution is 2.42. The zero-order chi connectivity index (χ0) is 26.8. The molecule has 0 unspecified atom stereocenters. The first kappa shape index (κ1) is 25.6. The van der Waals surface area contributed by atoms with E-state index >= 15 is 0 Å². The summed E-state index contributed by atoms with van der Waals surface area (Å²) in [5, 5.41) is 3.56. The Morgan fingerprint density at radius 3 is 2.37 bits per heavy atom. The van der Waals surface area contributed by atoms with Gasteiger partial charge in [-0.15, -0.1) is 0 Å². The molecule has 4 aromatic rings. The van der Waals surface area contributed by atoms with E-state index in [2.05, 4.69) is 16.8 Å². The minimum absolute atomic E-state index is 0.0807. The second kappa shape index (κ2) is 10.8. The molecule has 3 amide bonds. The fourth-order valence-electron chi connectivity index (χ4n) is 4.98. The van der Waals surface area contributed by atoms with Crippen LogP contribution in [0.5, 0.6) is 0 Å². The molecule has 0 aliphatic carbocycles. The van der Waals surface area contributed by atoms with Gasteiger partial charge in [0.25, 0.3) is 0 Å². The first-order valence-corrected chi connectivity index (χ1v) is 13.3. The van der Waals surface area contributed by atoms with Crippen LogP contribution in [0.25, 0.3) is 5.69 Å². The van der Waals surface area contributed by atoms with Gasteiger partial charge in [0, 0.05) is 22.9 Å². The third-order valence-corrected chi connectivity index (χ3v) is 7.19. The number of benzene rings is 3. The lowest BCUT2D eigenvalue weighted by molar-refractivity contribution is -0.119. The van der Waals surface area contributed by atoms with Crippen molar-refractivity contribution in [1.82, 2.24) is 9.47 Å². The summed E-state index contributed by atoms with van der Waals surface area (Å²) in [5.74, 6) is -0.181. The number of nitrogens with one attached hydrogen (secondary N) is 1. The molecule has 1 aliphatic heterocycles. The molecule has 194 valence electrons. The monoisotopic (exact) mass is 526 g/mol. The predicted octanol–water partition coefficient (Wildman–Crippen LogP) is 7.07. The van der Waals surface area contributed by atoms with E-state index in [4.69, 9.17) is 11.6 Å². The van der Waals surface area contributed by atoms with Crippen molar-refractivity contribution in [3.05, 3.63) is 113 Å². The number of carbonyl (C=O) groups is 2. The van der Waals surface area contributed by atoms with Crippen molar-refractivity contribution in [1.29, 1.82) is 0 Å². The molecule has 3 aromatic carbocycles. The van der Waals surface area contributed by atoms with Crippen LogP contribution in [0.15, 0.2) is 91.1 Å². The van der Waals surface area contributed by atoms with Crippen molar-refractivity contribution in [3.8, 4) is 5.69 Å². The molecule has 0 saturated heterocycles. The number of nitrogens with zero attached hydrogens (tertiary/aromatic N) is 3. The summed E-state index contributed by atoms with van der Waals surface area (Å²) in [4.78, 5) is 30.9. The van der Waals surface area contributed by atoms with E-state index in [-0.39, 0.29) is 24.5 Å². The first-order chi connectivity index (χ1) is 18.4. The van der Waals surface area contributed by atoms with Crippen LogP contribution in [0.4, 0.5) is 16.2 Å². The number of rotatable bonds is 6. The van der Waals surface area contributed by atoms with Crippen LogP contribution in [0.1, 0.15) is 43.6 Å². The number of hydrogen-bond donors (Lipinski definition) is 1. The largest absolute Gasteiger partial charge is 0.322 e. The predicted molar refractivity (Wildman–Crippen MR) is 153 cm³/mol. The number of fused-ring (bicyclic) bond motifs is 3. The van der Waals surface area contributed by atoms with Crippen LogP contribution in [-0.4, -0.2) is 34.0 Å². The van der Waals surface area contributed by atoms with E-state index < -0.39 is 6.04 Å². The Bertz CT molecular complexity index is 1460. The van der Waals surface area contributed by atoms with E-state index in [0.717, 1.165) is 29.1 Å². The number of aromatic nitrogens is 1. The number of para-hydroxylation sites is 2. The van der Waals surface area contributed by atoms with Crippen molar-refractivity contribution in [2.45, 2.75) is 39.3 Å². The molecule has 1 N–H and O–H groups in total. The summed E-state index contributed by atoms with van der Waals surface area (Å²) < 4.78 is 2.11. The van der Waals surface area contributed by atoms with Gasteiger partial charge in [-0.1, -0.05) is 54.9 Å². The van der Waals surface area contributed by atoms with Gasteiger partial charge in [-0.3, -0.25) is 9.69 Å². The lowest BCUT2D eigenvalue weighted by atomic mass is 9.97. The van der Waals surface area contributed by atoms with Crippen molar-refractivity contribution in [2.75, 3.05) is 16.8 Å². The molecule has 0 fully saturated rings. The normalized spacial score (nSPS) is 14.1. The number of anilines is 2. The van der Waals surface area contributed by atoms with Gasteiger partial charge < -0.3 is 14.8 Å². The molecule has 5 rings (SSSR count). The Morgan fingerprint density at radius 2 is 1.68 bits per heavy atom. The van der Waals surface area contributed by atoms with Gasteiger partial charge in [0.05, 0.1) is 17.1 Å². The molecule has 7 heteroatoms. The van der Waals surface area contributed by atoms with Crippen molar-refractivity contribution >= 4 is 34.9 Å². The summed E-state index contributed by atoms with van der Waals surface area (Å²) in [5.41, 5.74) is 5.44. The molecular formula is C31H31ClN4O2. The highest BCUT2D eigenvalue weighted by atomic mass is 35.5. The molecule has 0 bridgehead atoms. The van der Waals surface area contributed by atoms with Gasteiger partial charge in [0.15, 0.2) is 0 Å². The molecule has 0 radical (unpaired) electrons. The Hall–Kier alpha value is -4.03. The number of carbonyl (C=O) groups excluding carboxylic acids is 2. The molecule has 1 aliphatic rings. The van der Waals surface area contributed by atoms with E-state index in [1.54, 1.807) is 9.80 Å². The zero-order valence-corrected chi connectivity index (χ0v) is 22.5. The summed E-state index contributed by atoms with van der Waals surface area (Å²) in [7, 11) is 0. The van der Waals surface area contributed by atoms with Crippen LogP contribution in [0.2, 0.25) is 5.02 Å².